The SMILES string of the molecule is CC(=O)OC[C@@H]1CC=C[C@](COC(C)=O)(C(F)(F)F)N1. The van der Waals surface area contributed by atoms with E-state index in [2.05, 4.69) is 10.1 Å². The number of carbonyl (C=O) groups excluding carboxylic acids is 2. The van der Waals surface area contributed by atoms with Gasteiger partial charge in [0.15, 0.2) is 5.54 Å². The van der Waals surface area contributed by atoms with Gasteiger partial charge in [0.2, 0.25) is 0 Å². The highest BCUT2D eigenvalue weighted by Gasteiger charge is 2.55. The number of halogens is 3. The minimum Gasteiger partial charge on any atom is -0.464 e. The predicted octanol–water partition coefficient (Wildman–Crippen LogP) is 1.33. The van der Waals surface area contributed by atoms with Gasteiger partial charge in [-0.1, -0.05) is 12.2 Å². The molecule has 0 spiro atoms. The number of ether oxygens (including phenoxy) is 2. The Morgan fingerprint density at radius 2 is 1.90 bits per heavy atom. The molecule has 1 aliphatic heterocycles. The van der Waals surface area contributed by atoms with Crippen molar-refractivity contribution >= 4 is 11.9 Å². The smallest absolute Gasteiger partial charge is 0.413 e. The summed E-state index contributed by atoms with van der Waals surface area (Å²) in [5, 5.41) is 2.35. The van der Waals surface area contributed by atoms with Crippen LogP contribution in [0.4, 0.5) is 13.2 Å². The Labute approximate surface area is 114 Å². The van der Waals surface area contributed by atoms with Crippen molar-refractivity contribution in [1.82, 2.24) is 5.32 Å². The highest BCUT2D eigenvalue weighted by Crippen LogP contribution is 2.35. The summed E-state index contributed by atoms with van der Waals surface area (Å²) in [6.07, 6.45) is -2.10. The minimum absolute atomic E-state index is 0.183. The third-order valence-electron chi connectivity index (χ3n) is 2.78. The van der Waals surface area contributed by atoms with E-state index in [0.717, 1.165) is 13.0 Å². The van der Waals surface area contributed by atoms with Gasteiger partial charge in [0.05, 0.1) is 0 Å². The second-order valence-electron chi connectivity index (χ2n) is 4.53. The molecule has 0 unspecified atom stereocenters. The predicted molar refractivity (Wildman–Crippen MR) is 62.7 cm³/mol. The third-order valence-corrected chi connectivity index (χ3v) is 2.78. The molecule has 0 saturated carbocycles. The van der Waals surface area contributed by atoms with E-state index >= 15 is 0 Å². The number of nitrogens with one attached hydrogen (secondary N) is 1. The van der Waals surface area contributed by atoms with Gasteiger partial charge < -0.3 is 9.47 Å². The van der Waals surface area contributed by atoms with E-state index in [1.165, 1.54) is 13.0 Å². The van der Waals surface area contributed by atoms with Crippen molar-refractivity contribution in [2.45, 2.75) is 38.0 Å². The first kappa shape index (κ1) is 16.5. The summed E-state index contributed by atoms with van der Waals surface area (Å²) in [5.41, 5.74) is -2.46. The molecule has 0 fully saturated rings. The fraction of sp³-hybridized carbons (Fsp3) is 0.667. The molecule has 0 bridgehead atoms. The lowest BCUT2D eigenvalue weighted by Crippen LogP contribution is -2.64. The minimum atomic E-state index is -4.64. The maximum absolute atomic E-state index is 13.2. The van der Waals surface area contributed by atoms with Crippen LogP contribution in [0.25, 0.3) is 0 Å². The Hall–Kier alpha value is -1.57. The van der Waals surface area contributed by atoms with E-state index in [0.29, 0.717) is 0 Å². The van der Waals surface area contributed by atoms with Crippen molar-refractivity contribution in [3.05, 3.63) is 12.2 Å². The molecule has 0 amide bonds. The molecule has 1 N–H and O–H groups in total. The van der Waals surface area contributed by atoms with E-state index in [1.54, 1.807) is 0 Å². The number of hydrogen-bond acceptors (Lipinski definition) is 5. The Bertz CT molecular complexity index is 408. The van der Waals surface area contributed by atoms with E-state index in [1.807, 2.05) is 0 Å². The summed E-state index contributed by atoms with van der Waals surface area (Å²) in [6, 6.07) is -0.693. The Kier molecular flexibility index (Phi) is 5.15. The molecule has 0 aromatic carbocycles. The molecule has 0 saturated heterocycles. The monoisotopic (exact) mass is 295 g/mol. The van der Waals surface area contributed by atoms with Gasteiger partial charge in [-0.05, 0) is 6.42 Å². The molecule has 1 rings (SSSR count). The molecule has 2 atom stereocenters. The number of alkyl halides is 3. The summed E-state index contributed by atoms with van der Waals surface area (Å²) in [7, 11) is 0. The Balaban J connectivity index is 2.83. The maximum atomic E-state index is 13.2. The molecule has 114 valence electrons. The van der Waals surface area contributed by atoms with Crippen molar-refractivity contribution in [1.29, 1.82) is 0 Å². The second kappa shape index (κ2) is 6.25. The molecule has 0 aliphatic carbocycles. The normalized spacial score (nSPS) is 26.1. The van der Waals surface area contributed by atoms with E-state index in [9.17, 15) is 22.8 Å². The van der Waals surface area contributed by atoms with Gasteiger partial charge in [0.1, 0.15) is 13.2 Å². The van der Waals surface area contributed by atoms with Crippen LogP contribution in [0, 0.1) is 0 Å². The summed E-state index contributed by atoms with van der Waals surface area (Å²) in [6.45, 7) is 1.16. The van der Waals surface area contributed by atoms with Crippen LogP contribution in [-0.2, 0) is 19.1 Å². The lowest BCUT2D eigenvalue weighted by molar-refractivity contribution is -0.201. The number of hydrogen-bond donors (Lipinski definition) is 1. The van der Waals surface area contributed by atoms with Gasteiger partial charge in [0.25, 0.3) is 0 Å². The molecular formula is C12H16F3NO4. The largest absolute Gasteiger partial charge is 0.464 e. The molecule has 20 heavy (non-hydrogen) atoms. The first-order chi connectivity index (χ1) is 9.16. The molecule has 0 radical (unpaired) electrons. The van der Waals surface area contributed by atoms with Crippen LogP contribution >= 0.6 is 0 Å². The van der Waals surface area contributed by atoms with Crippen LogP contribution in [0.1, 0.15) is 20.3 Å². The fourth-order valence-electron chi connectivity index (χ4n) is 1.80. The summed E-state index contributed by atoms with van der Waals surface area (Å²) < 4.78 is 48.8. The van der Waals surface area contributed by atoms with Crippen LogP contribution in [0.2, 0.25) is 0 Å². The van der Waals surface area contributed by atoms with Crippen LogP contribution < -0.4 is 5.32 Å². The maximum Gasteiger partial charge on any atom is 0.413 e. The Morgan fingerprint density at radius 1 is 1.30 bits per heavy atom. The van der Waals surface area contributed by atoms with Gasteiger partial charge in [-0.15, -0.1) is 0 Å². The number of rotatable bonds is 4. The second-order valence-corrected chi connectivity index (χ2v) is 4.53. The van der Waals surface area contributed by atoms with Gasteiger partial charge in [-0.3, -0.25) is 14.9 Å². The van der Waals surface area contributed by atoms with Crippen molar-refractivity contribution in [2.24, 2.45) is 0 Å². The zero-order valence-corrected chi connectivity index (χ0v) is 11.1. The fourth-order valence-corrected chi connectivity index (χ4v) is 1.80. The standard InChI is InChI=1S/C12H16F3NO4/c1-8(17)19-6-10-4-3-5-11(16-10,12(13,14)15)7-20-9(2)18/h3,5,10,16H,4,6-7H2,1-2H3/t10-,11-/m0/s1. The molecule has 0 aromatic heterocycles. The van der Waals surface area contributed by atoms with Crippen LogP contribution in [-0.4, -0.2) is 42.9 Å². The number of esters is 2. The quantitative estimate of drug-likeness (QED) is 0.626. The first-order valence-electron chi connectivity index (χ1n) is 5.95. The van der Waals surface area contributed by atoms with Crippen LogP contribution in [0.5, 0.6) is 0 Å². The molecule has 1 aliphatic rings. The lowest BCUT2D eigenvalue weighted by Gasteiger charge is -2.39. The van der Waals surface area contributed by atoms with Crippen LogP contribution in [0.15, 0.2) is 12.2 Å². The van der Waals surface area contributed by atoms with Crippen molar-refractivity contribution in [3.8, 4) is 0 Å². The van der Waals surface area contributed by atoms with E-state index < -0.39 is 36.3 Å². The zero-order valence-electron chi connectivity index (χ0n) is 11.1. The van der Waals surface area contributed by atoms with Gasteiger partial charge >= 0.3 is 18.1 Å². The Morgan fingerprint density at radius 3 is 2.40 bits per heavy atom. The van der Waals surface area contributed by atoms with Gasteiger partial charge in [-0.25, -0.2) is 0 Å². The number of carbonyl (C=O) groups is 2. The zero-order chi connectivity index (χ0) is 15.4. The van der Waals surface area contributed by atoms with Crippen molar-refractivity contribution < 1.29 is 32.2 Å². The average molecular weight is 295 g/mol. The molecule has 5 nitrogen and oxygen atoms in total. The van der Waals surface area contributed by atoms with E-state index in [4.69, 9.17) is 4.74 Å². The molecule has 8 heteroatoms. The highest BCUT2D eigenvalue weighted by atomic mass is 19.4. The van der Waals surface area contributed by atoms with Crippen LogP contribution in [0.3, 0.4) is 0 Å². The summed E-state index contributed by atoms with van der Waals surface area (Å²) >= 11 is 0. The average Bonchev–Trinajstić information content (AvgIpc) is 2.33. The summed E-state index contributed by atoms with van der Waals surface area (Å²) in [5.74, 6) is -1.37. The highest BCUT2D eigenvalue weighted by molar-refractivity contribution is 5.66. The molecular weight excluding hydrogens is 279 g/mol. The van der Waals surface area contributed by atoms with Crippen molar-refractivity contribution in [3.63, 3.8) is 0 Å². The van der Waals surface area contributed by atoms with Gasteiger partial charge in [-0.2, -0.15) is 13.2 Å². The van der Waals surface area contributed by atoms with Gasteiger partial charge in [0, 0.05) is 19.9 Å². The molecule has 0 aromatic rings. The first-order valence-corrected chi connectivity index (χ1v) is 5.95. The topological polar surface area (TPSA) is 64.6 Å². The van der Waals surface area contributed by atoms with Crippen molar-refractivity contribution in [2.75, 3.05) is 13.2 Å². The lowest BCUT2D eigenvalue weighted by atomic mass is 9.92. The van der Waals surface area contributed by atoms with E-state index in [-0.39, 0.29) is 13.0 Å². The third kappa shape index (κ3) is 4.22. The summed E-state index contributed by atoms with van der Waals surface area (Å²) in [4.78, 5) is 21.4. The molecule has 1 heterocycles.